The summed E-state index contributed by atoms with van der Waals surface area (Å²) in [7, 11) is -0.485. The minimum Gasteiger partial charge on any atom is -0.501 e. The van der Waals surface area contributed by atoms with Gasteiger partial charge in [-0.25, -0.2) is 4.79 Å². The van der Waals surface area contributed by atoms with Crippen LogP contribution in [0.25, 0.3) is 0 Å². The number of fused-ring (bicyclic) bond motifs is 3. The van der Waals surface area contributed by atoms with E-state index in [9.17, 15) is 9.90 Å². The second kappa shape index (κ2) is 7.72. The number of hydrogen-bond acceptors (Lipinski definition) is 6. The van der Waals surface area contributed by atoms with Gasteiger partial charge in [0.15, 0.2) is 20.0 Å². The monoisotopic (exact) mass is 476 g/mol. The molecule has 1 saturated heterocycles. The van der Waals surface area contributed by atoms with Crippen LogP contribution in [0.2, 0.25) is 18.1 Å². The highest BCUT2D eigenvalue weighted by Crippen LogP contribution is 2.61. The molecule has 184 valence electrons. The maximum absolute atomic E-state index is 12.8. The molecule has 1 aliphatic heterocycles. The van der Waals surface area contributed by atoms with Gasteiger partial charge in [-0.3, -0.25) is 0 Å². The Labute approximate surface area is 199 Å². The van der Waals surface area contributed by atoms with Crippen molar-refractivity contribution in [1.29, 1.82) is 0 Å². The summed E-state index contributed by atoms with van der Waals surface area (Å²) in [6, 6.07) is 0. The van der Waals surface area contributed by atoms with Crippen molar-refractivity contribution in [3.8, 4) is 0 Å². The third-order valence-corrected chi connectivity index (χ3v) is 13.6. The Balaban J connectivity index is 1.91. The number of aliphatic hydroxyl groups excluding tert-OH is 1. The Morgan fingerprint density at radius 3 is 2.48 bits per heavy atom. The molecule has 3 aliphatic carbocycles. The largest absolute Gasteiger partial charge is 0.509 e. The number of rotatable bonds is 3. The van der Waals surface area contributed by atoms with Crippen LogP contribution in [0.5, 0.6) is 0 Å². The molecule has 1 heterocycles. The standard InChI is InChI=1S/C26H40O6Si/c1-15-17-13-18(27)16-11-10-12-19(29-7)21(16)22-26(25(17,5)6,31-23(28)30-22)14-20(15)32-33(8,9)24(2,3)4/h11-12,18,20-22,27H,10,13-14H2,1-9H3/t18-,20-,21+,22-,26+/m0/s1. The van der Waals surface area contributed by atoms with E-state index in [2.05, 4.69) is 54.6 Å². The van der Waals surface area contributed by atoms with E-state index >= 15 is 0 Å². The molecular formula is C26H40O6Si. The topological polar surface area (TPSA) is 74.2 Å². The van der Waals surface area contributed by atoms with Crippen molar-refractivity contribution >= 4 is 14.5 Å². The highest BCUT2D eigenvalue weighted by atomic mass is 28.4. The number of carbonyl (C=O) groups is 1. The molecule has 6 nitrogen and oxygen atoms in total. The normalized spacial score (nSPS) is 35.9. The van der Waals surface area contributed by atoms with E-state index in [1.54, 1.807) is 7.11 Å². The van der Waals surface area contributed by atoms with E-state index in [-0.39, 0.29) is 17.1 Å². The molecule has 2 fully saturated rings. The molecule has 1 spiro atoms. The average Bonchev–Trinajstić information content (AvgIpc) is 3.04. The highest BCUT2D eigenvalue weighted by Gasteiger charge is 2.69. The molecule has 0 unspecified atom stereocenters. The molecule has 5 atom stereocenters. The maximum atomic E-state index is 12.8. The first-order valence-corrected chi connectivity index (χ1v) is 15.0. The quantitative estimate of drug-likeness (QED) is 0.323. The lowest BCUT2D eigenvalue weighted by molar-refractivity contribution is -0.108. The zero-order chi connectivity index (χ0) is 24.6. The molecule has 0 aromatic carbocycles. The predicted octanol–water partition coefficient (Wildman–Crippen LogP) is 5.64. The third kappa shape index (κ3) is 3.53. The van der Waals surface area contributed by atoms with Gasteiger partial charge in [-0.2, -0.15) is 0 Å². The Morgan fingerprint density at radius 1 is 1.21 bits per heavy atom. The van der Waals surface area contributed by atoms with E-state index in [4.69, 9.17) is 18.6 Å². The van der Waals surface area contributed by atoms with Crippen LogP contribution in [0, 0.1) is 11.3 Å². The molecule has 1 saturated carbocycles. The minimum absolute atomic E-state index is 0.0393. The summed E-state index contributed by atoms with van der Waals surface area (Å²) in [4.78, 5) is 12.8. The van der Waals surface area contributed by atoms with Gasteiger partial charge < -0.3 is 23.7 Å². The third-order valence-electron chi connectivity index (χ3n) is 9.11. The fourth-order valence-corrected chi connectivity index (χ4v) is 7.36. The Bertz CT molecular complexity index is 937. The number of hydrogen-bond donors (Lipinski definition) is 1. The van der Waals surface area contributed by atoms with E-state index < -0.39 is 37.7 Å². The number of aliphatic hydroxyl groups is 1. The van der Waals surface area contributed by atoms with Gasteiger partial charge in [0.2, 0.25) is 0 Å². The van der Waals surface area contributed by atoms with Gasteiger partial charge in [-0.05, 0) is 55.1 Å². The van der Waals surface area contributed by atoms with Gasteiger partial charge in [0.05, 0.1) is 25.2 Å². The molecule has 1 N–H and O–H groups in total. The summed E-state index contributed by atoms with van der Waals surface area (Å²) in [5, 5.41) is 11.5. The second-order valence-electron chi connectivity index (χ2n) is 12.1. The Kier molecular flexibility index (Phi) is 5.74. The van der Waals surface area contributed by atoms with Crippen LogP contribution in [0.15, 0.2) is 34.6 Å². The zero-order valence-electron chi connectivity index (χ0n) is 21.6. The lowest BCUT2D eigenvalue weighted by Gasteiger charge is -2.56. The molecule has 0 amide bonds. The molecule has 0 aromatic heterocycles. The fourth-order valence-electron chi connectivity index (χ4n) is 6.03. The molecule has 7 heteroatoms. The van der Waals surface area contributed by atoms with Crippen LogP contribution in [-0.2, 0) is 18.6 Å². The van der Waals surface area contributed by atoms with Crippen LogP contribution in [0.3, 0.4) is 0 Å². The summed E-state index contributed by atoms with van der Waals surface area (Å²) in [6.45, 7) is 17.5. The van der Waals surface area contributed by atoms with E-state index in [1.807, 2.05) is 12.2 Å². The summed E-state index contributed by atoms with van der Waals surface area (Å²) in [6.07, 6.45) is 3.56. The number of ether oxygens (including phenoxy) is 3. The zero-order valence-corrected chi connectivity index (χ0v) is 22.6. The lowest BCUT2D eigenvalue weighted by Crippen LogP contribution is -2.63. The Hall–Kier alpha value is -1.57. The first-order chi connectivity index (χ1) is 15.2. The molecule has 4 aliphatic rings. The first kappa shape index (κ1) is 24.5. The van der Waals surface area contributed by atoms with Crippen LogP contribution < -0.4 is 0 Å². The van der Waals surface area contributed by atoms with Crippen LogP contribution >= 0.6 is 0 Å². The Morgan fingerprint density at radius 2 is 1.88 bits per heavy atom. The van der Waals surface area contributed by atoms with Crippen molar-refractivity contribution in [3.05, 3.63) is 34.6 Å². The van der Waals surface area contributed by atoms with Crippen molar-refractivity contribution < 1.29 is 28.5 Å². The first-order valence-electron chi connectivity index (χ1n) is 12.1. The van der Waals surface area contributed by atoms with Crippen molar-refractivity contribution in [2.75, 3.05) is 7.11 Å². The molecule has 33 heavy (non-hydrogen) atoms. The summed E-state index contributed by atoms with van der Waals surface area (Å²) >= 11 is 0. The average molecular weight is 477 g/mol. The van der Waals surface area contributed by atoms with Gasteiger partial charge in [0, 0.05) is 11.8 Å². The van der Waals surface area contributed by atoms with Crippen LogP contribution in [-0.4, -0.2) is 50.6 Å². The van der Waals surface area contributed by atoms with Gasteiger partial charge in [-0.15, -0.1) is 0 Å². The summed E-state index contributed by atoms with van der Waals surface area (Å²) in [5.74, 6) is 0.347. The number of methoxy groups -OCH3 is 1. The van der Waals surface area contributed by atoms with Crippen molar-refractivity contribution in [3.63, 3.8) is 0 Å². The molecule has 0 radical (unpaired) electrons. The molecule has 2 bridgehead atoms. The van der Waals surface area contributed by atoms with Gasteiger partial charge in [0.1, 0.15) is 5.76 Å². The number of allylic oxidation sites excluding steroid dienone is 2. The number of carbonyl (C=O) groups excluding carboxylic acids is 1. The van der Waals surface area contributed by atoms with Gasteiger partial charge >= 0.3 is 6.16 Å². The molecular weight excluding hydrogens is 436 g/mol. The maximum Gasteiger partial charge on any atom is 0.509 e. The fraction of sp³-hybridized carbons (Fsp3) is 0.731. The van der Waals surface area contributed by atoms with Crippen molar-refractivity contribution in [1.82, 2.24) is 0 Å². The van der Waals surface area contributed by atoms with Crippen LogP contribution in [0.4, 0.5) is 4.79 Å². The second-order valence-corrected chi connectivity index (χ2v) is 16.8. The van der Waals surface area contributed by atoms with Gasteiger partial charge in [-0.1, -0.05) is 46.3 Å². The van der Waals surface area contributed by atoms with Crippen molar-refractivity contribution in [2.24, 2.45) is 11.3 Å². The van der Waals surface area contributed by atoms with Crippen molar-refractivity contribution in [2.45, 2.75) is 103 Å². The predicted molar refractivity (Wildman–Crippen MR) is 129 cm³/mol. The lowest BCUT2D eigenvalue weighted by atomic mass is 9.54. The van der Waals surface area contributed by atoms with E-state index in [1.165, 1.54) is 0 Å². The summed E-state index contributed by atoms with van der Waals surface area (Å²) < 4.78 is 24.8. The van der Waals surface area contributed by atoms with E-state index in [0.717, 1.165) is 22.5 Å². The smallest absolute Gasteiger partial charge is 0.501 e. The minimum atomic E-state index is -2.12. The molecule has 0 aromatic rings. The van der Waals surface area contributed by atoms with Gasteiger partial charge in [0.25, 0.3) is 0 Å². The SMILES string of the molecule is COC1=CCC=C2[C@H]1[C@@H]1OC(=O)O[C@]13C[C@H](O[Si](C)(C)C(C)(C)C)C(C)=C(C[C@@H]2O)C3(C)C. The van der Waals surface area contributed by atoms with Crippen LogP contribution in [0.1, 0.15) is 60.8 Å². The van der Waals surface area contributed by atoms with E-state index in [0.29, 0.717) is 19.3 Å². The molecule has 4 rings (SSSR count). The highest BCUT2D eigenvalue weighted by molar-refractivity contribution is 6.74. The summed E-state index contributed by atoms with van der Waals surface area (Å²) in [5.41, 5.74) is 1.63.